The van der Waals surface area contributed by atoms with E-state index >= 15 is 0 Å². The molecule has 1 N–H and O–H groups in total. The number of benzene rings is 1. The van der Waals surface area contributed by atoms with E-state index in [0.29, 0.717) is 6.04 Å². The molecular formula is C14H22N2O. The number of piperazine rings is 1. The van der Waals surface area contributed by atoms with Gasteiger partial charge in [-0.05, 0) is 26.0 Å². The Morgan fingerprint density at radius 1 is 1.35 bits per heavy atom. The Balaban J connectivity index is 1.70. The second-order valence-corrected chi connectivity index (χ2v) is 4.82. The van der Waals surface area contributed by atoms with Crippen LogP contribution in [0, 0.1) is 6.92 Å². The summed E-state index contributed by atoms with van der Waals surface area (Å²) in [4.78, 5) is 2.45. The summed E-state index contributed by atoms with van der Waals surface area (Å²) in [5.74, 6) is 0.971. The molecule has 1 aliphatic heterocycles. The minimum Gasteiger partial charge on any atom is -0.492 e. The number of hydrogen-bond acceptors (Lipinski definition) is 3. The van der Waals surface area contributed by atoms with Gasteiger partial charge in [-0.25, -0.2) is 0 Å². The van der Waals surface area contributed by atoms with Gasteiger partial charge in [-0.3, -0.25) is 4.90 Å². The van der Waals surface area contributed by atoms with Crippen LogP contribution in [0.25, 0.3) is 0 Å². The molecule has 0 saturated carbocycles. The van der Waals surface area contributed by atoms with Gasteiger partial charge in [-0.2, -0.15) is 0 Å². The Labute approximate surface area is 104 Å². The summed E-state index contributed by atoms with van der Waals surface area (Å²) in [5, 5.41) is 3.44. The van der Waals surface area contributed by atoms with Crippen LogP contribution in [0.15, 0.2) is 24.3 Å². The summed E-state index contributed by atoms with van der Waals surface area (Å²) in [6, 6.07) is 8.85. The second-order valence-electron chi connectivity index (χ2n) is 4.82. The third kappa shape index (κ3) is 4.02. The summed E-state index contributed by atoms with van der Waals surface area (Å²) < 4.78 is 5.74. The van der Waals surface area contributed by atoms with Gasteiger partial charge in [-0.15, -0.1) is 0 Å². The lowest BCUT2D eigenvalue weighted by Crippen LogP contribution is -2.50. The van der Waals surface area contributed by atoms with Crippen LogP contribution in [0.5, 0.6) is 5.75 Å². The Bertz CT molecular complexity index is 337. The third-order valence-electron chi connectivity index (χ3n) is 3.15. The van der Waals surface area contributed by atoms with Gasteiger partial charge in [0, 0.05) is 32.2 Å². The highest BCUT2D eigenvalue weighted by Gasteiger charge is 2.14. The summed E-state index contributed by atoms with van der Waals surface area (Å²) in [6.07, 6.45) is 0. The third-order valence-corrected chi connectivity index (χ3v) is 3.15. The van der Waals surface area contributed by atoms with Gasteiger partial charge < -0.3 is 10.1 Å². The molecule has 1 fully saturated rings. The van der Waals surface area contributed by atoms with Crippen molar-refractivity contribution in [3.05, 3.63) is 29.8 Å². The van der Waals surface area contributed by atoms with Crippen molar-refractivity contribution in [2.75, 3.05) is 32.8 Å². The van der Waals surface area contributed by atoms with Crippen molar-refractivity contribution < 1.29 is 4.74 Å². The lowest BCUT2D eigenvalue weighted by Gasteiger charge is -2.31. The molecule has 1 atom stereocenters. The predicted octanol–water partition coefficient (Wildman–Crippen LogP) is 1.67. The van der Waals surface area contributed by atoms with Gasteiger partial charge in [0.05, 0.1) is 0 Å². The average Bonchev–Trinajstić information content (AvgIpc) is 2.32. The zero-order valence-corrected chi connectivity index (χ0v) is 10.8. The molecule has 0 radical (unpaired) electrons. The monoisotopic (exact) mass is 234 g/mol. The lowest BCUT2D eigenvalue weighted by atomic mass is 10.2. The highest BCUT2D eigenvalue weighted by molar-refractivity contribution is 5.26. The van der Waals surface area contributed by atoms with E-state index in [1.165, 1.54) is 5.56 Å². The van der Waals surface area contributed by atoms with Crippen molar-refractivity contribution >= 4 is 0 Å². The molecule has 1 aliphatic rings. The van der Waals surface area contributed by atoms with Crippen molar-refractivity contribution in [1.82, 2.24) is 10.2 Å². The Morgan fingerprint density at radius 3 is 2.82 bits per heavy atom. The number of rotatable bonds is 4. The van der Waals surface area contributed by atoms with Crippen LogP contribution in [0.2, 0.25) is 0 Å². The van der Waals surface area contributed by atoms with Crippen LogP contribution >= 0.6 is 0 Å². The molecule has 0 bridgehead atoms. The van der Waals surface area contributed by atoms with E-state index in [1.807, 2.05) is 12.1 Å². The van der Waals surface area contributed by atoms with Gasteiger partial charge >= 0.3 is 0 Å². The lowest BCUT2D eigenvalue weighted by molar-refractivity contribution is 0.170. The molecule has 17 heavy (non-hydrogen) atoms. The standard InChI is InChI=1S/C14H22N2O/c1-12-3-5-14(6-4-12)17-10-9-16-8-7-15-13(2)11-16/h3-6,13,15H,7-11H2,1-2H3/t13-/m0/s1. The first kappa shape index (κ1) is 12.4. The molecule has 2 rings (SSSR count). The van der Waals surface area contributed by atoms with Crippen molar-refractivity contribution in [2.45, 2.75) is 19.9 Å². The fraction of sp³-hybridized carbons (Fsp3) is 0.571. The molecule has 1 heterocycles. The number of nitrogens with zero attached hydrogens (tertiary/aromatic N) is 1. The maximum absolute atomic E-state index is 5.74. The summed E-state index contributed by atoms with van der Waals surface area (Å²) in [6.45, 7) is 9.44. The van der Waals surface area contributed by atoms with Crippen molar-refractivity contribution in [2.24, 2.45) is 0 Å². The summed E-state index contributed by atoms with van der Waals surface area (Å²) in [5.41, 5.74) is 1.27. The average molecular weight is 234 g/mol. The van der Waals surface area contributed by atoms with E-state index in [0.717, 1.165) is 38.5 Å². The molecule has 3 nitrogen and oxygen atoms in total. The molecule has 0 spiro atoms. The van der Waals surface area contributed by atoms with E-state index in [9.17, 15) is 0 Å². The molecule has 0 aromatic heterocycles. The topological polar surface area (TPSA) is 24.5 Å². The van der Waals surface area contributed by atoms with Crippen LogP contribution in [-0.4, -0.2) is 43.7 Å². The first-order valence-corrected chi connectivity index (χ1v) is 6.39. The van der Waals surface area contributed by atoms with Gasteiger partial charge in [-0.1, -0.05) is 17.7 Å². The van der Waals surface area contributed by atoms with E-state index in [4.69, 9.17) is 4.74 Å². The van der Waals surface area contributed by atoms with Gasteiger partial charge in [0.1, 0.15) is 12.4 Å². The Morgan fingerprint density at radius 2 is 2.12 bits per heavy atom. The summed E-state index contributed by atoms with van der Waals surface area (Å²) in [7, 11) is 0. The molecule has 0 amide bonds. The fourth-order valence-electron chi connectivity index (χ4n) is 2.14. The van der Waals surface area contributed by atoms with E-state index in [-0.39, 0.29) is 0 Å². The first-order chi connectivity index (χ1) is 8.24. The maximum atomic E-state index is 5.74. The zero-order chi connectivity index (χ0) is 12.1. The normalized spacial score (nSPS) is 21.4. The van der Waals surface area contributed by atoms with Gasteiger partial charge in [0.2, 0.25) is 0 Å². The Kier molecular flexibility index (Phi) is 4.40. The highest BCUT2D eigenvalue weighted by Crippen LogP contribution is 2.11. The van der Waals surface area contributed by atoms with E-state index in [1.54, 1.807) is 0 Å². The molecule has 3 heteroatoms. The quantitative estimate of drug-likeness (QED) is 0.857. The largest absolute Gasteiger partial charge is 0.492 e. The number of ether oxygens (including phenoxy) is 1. The molecular weight excluding hydrogens is 212 g/mol. The highest BCUT2D eigenvalue weighted by atomic mass is 16.5. The second kappa shape index (κ2) is 6.03. The zero-order valence-electron chi connectivity index (χ0n) is 10.8. The first-order valence-electron chi connectivity index (χ1n) is 6.39. The van der Waals surface area contributed by atoms with Crippen molar-refractivity contribution in [3.8, 4) is 5.75 Å². The van der Waals surface area contributed by atoms with E-state index < -0.39 is 0 Å². The van der Waals surface area contributed by atoms with Crippen LogP contribution in [0.4, 0.5) is 0 Å². The molecule has 1 aromatic carbocycles. The number of hydrogen-bond donors (Lipinski definition) is 1. The minimum atomic E-state index is 0.600. The SMILES string of the molecule is Cc1ccc(OCCN2CCN[C@@H](C)C2)cc1. The summed E-state index contributed by atoms with van der Waals surface area (Å²) >= 11 is 0. The molecule has 94 valence electrons. The van der Waals surface area contributed by atoms with E-state index in [2.05, 4.69) is 36.2 Å². The van der Waals surface area contributed by atoms with Crippen LogP contribution < -0.4 is 10.1 Å². The molecule has 1 aromatic rings. The van der Waals surface area contributed by atoms with Gasteiger partial charge in [0.25, 0.3) is 0 Å². The number of aryl methyl sites for hydroxylation is 1. The van der Waals surface area contributed by atoms with Crippen LogP contribution in [-0.2, 0) is 0 Å². The molecule has 1 saturated heterocycles. The minimum absolute atomic E-state index is 0.600. The van der Waals surface area contributed by atoms with Crippen LogP contribution in [0.1, 0.15) is 12.5 Å². The predicted molar refractivity (Wildman–Crippen MR) is 70.6 cm³/mol. The molecule has 0 aliphatic carbocycles. The smallest absolute Gasteiger partial charge is 0.119 e. The fourth-order valence-corrected chi connectivity index (χ4v) is 2.14. The Hall–Kier alpha value is -1.06. The maximum Gasteiger partial charge on any atom is 0.119 e. The van der Waals surface area contributed by atoms with Gasteiger partial charge in [0.15, 0.2) is 0 Å². The number of nitrogens with one attached hydrogen (secondary N) is 1. The van der Waals surface area contributed by atoms with Crippen molar-refractivity contribution in [3.63, 3.8) is 0 Å². The molecule has 0 unspecified atom stereocenters. The van der Waals surface area contributed by atoms with Crippen molar-refractivity contribution in [1.29, 1.82) is 0 Å². The van der Waals surface area contributed by atoms with Crippen LogP contribution in [0.3, 0.4) is 0 Å².